The summed E-state index contributed by atoms with van der Waals surface area (Å²) in [7, 11) is 0. The number of hydrogen-bond acceptors (Lipinski definition) is 3. The van der Waals surface area contributed by atoms with Gasteiger partial charge < -0.3 is 14.6 Å². The number of nitrogens with zero attached hydrogens (tertiary/aromatic N) is 1. The van der Waals surface area contributed by atoms with Crippen molar-refractivity contribution in [2.24, 2.45) is 23.7 Å². The Morgan fingerprint density at radius 3 is 2.68 bits per heavy atom. The van der Waals surface area contributed by atoms with Gasteiger partial charge in [-0.1, -0.05) is 12.5 Å². The topological polar surface area (TPSA) is 60.3 Å². The first-order chi connectivity index (χ1) is 13.7. The minimum Gasteiger partial charge on any atom is -0.381 e. The molecule has 0 spiro atoms. The van der Waals surface area contributed by atoms with Crippen molar-refractivity contribution in [1.29, 1.82) is 0 Å². The normalized spacial score (nSPS) is 27.4. The lowest BCUT2D eigenvalue weighted by Crippen LogP contribution is -2.28. The maximum Gasteiger partial charge on any atom is 0.258 e. The highest BCUT2D eigenvalue weighted by Gasteiger charge is 2.43. The van der Waals surface area contributed by atoms with E-state index in [0.29, 0.717) is 17.2 Å². The molecule has 2 aromatic rings. The fraction of sp³-hybridized carbons (Fsp3) is 0.565. The molecule has 1 amide bonds. The van der Waals surface area contributed by atoms with Gasteiger partial charge in [0, 0.05) is 48.3 Å². The Bertz CT molecular complexity index is 945. The zero-order chi connectivity index (χ0) is 19.1. The number of rotatable bonds is 4. The van der Waals surface area contributed by atoms with Gasteiger partial charge in [0.25, 0.3) is 5.56 Å². The molecule has 0 radical (unpaired) electrons. The van der Waals surface area contributed by atoms with Crippen molar-refractivity contribution in [2.75, 3.05) is 18.5 Å². The van der Waals surface area contributed by atoms with Crippen LogP contribution in [-0.4, -0.2) is 23.7 Å². The molecule has 1 aliphatic heterocycles. The van der Waals surface area contributed by atoms with Gasteiger partial charge in [0.15, 0.2) is 0 Å². The molecule has 5 heteroatoms. The molecule has 5 nitrogen and oxygen atoms in total. The summed E-state index contributed by atoms with van der Waals surface area (Å²) >= 11 is 0. The van der Waals surface area contributed by atoms with Gasteiger partial charge in [0.05, 0.1) is 0 Å². The van der Waals surface area contributed by atoms with Crippen LogP contribution in [0, 0.1) is 23.7 Å². The highest BCUT2D eigenvalue weighted by atomic mass is 16.5. The molecule has 1 aromatic carbocycles. The molecule has 3 aliphatic rings. The molecule has 148 valence electrons. The second-order valence-electron chi connectivity index (χ2n) is 8.87. The third-order valence-electron chi connectivity index (χ3n) is 7.15. The van der Waals surface area contributed by atoms with Crippen molar-refractivity contribution in [3.63, 3.8) is 0 Å². The van der Waals surface area contributed by atoms with E-state index in [-0.39, 0.29) is 17.4 Å². The number of carbonyl (C=O) groups excluding carboxylic acids is 1. The van der Waals surface area contributed by atoms with E-state index in [2.05, 4.69) is 5.32 Å². The minimum absolute atomic E-state index is 0.0278. The van der Waals surface area contributed by atoms with E-state index >= 15 is 0 Å². The highest BCUT2D eigenvalue weighted by molar-refractivity contribution is 6.02. The van der Waals surface area contributed by atoms with Crippen LogP contribution in [0.3, 0.4) is 0 Å². The fourth-order valence-corrected chi connectivity index (χ4v) is 5.57. The van der Waals surface area contributed by atoms with Crippen LogP contribution in [-0.2, 0) is 16.1 Å². The number of carbonyl (C=O) groups is 1. The SMILES string of the molecule is O=C(Nc1cccc2c(=O)n(CC3CCOCC3)ccc12)C1C[C@@H]2CC[C@H]1C2. The maximum atomic E-state index is 13.0. The zero-order valence-corrected chi connectivity index (χ0v) is 16.2. The largest absolute Gasteiger partial charge is 0.381 e. The van der Waals surface area contributed by atoms with Gasteiger partial charge >= 0.3 is 0 Å². The number of aromatic nitrogens is 1. The molecular weight excluding hydrogens is 352 g/mol. The monoisotopic (exact) mass is 380 g/mol. The molecule has 1 N–H and O–H groups in total. The molecule has 1 unspecified atom stereocenters. The second-order valence-corrected chi connectivity index (χ2v) is 8.87. The first-order valence-corrected chi connectivity index (χ1v) is 10.7. The van der Waals surface area contributed by atoms with Crippen LogP contribution in [0.25, 0.3) is 10.8 Å². The molecule has 2 bridgehead atoms. The molecule has 1 saturated heterocycles. The molecule has 2 saturated carbocycles. The van der Waals surface area contributed by atoms with Crippen LogP contribution < -0.4 is 10.9 Å². The number of benzene rings is 1. The lowest BCUT2D eigenvalue weighted by Gasteiger charge is -2.23. The molecule has 1 aromatic heterocycles. The van der Waals surface area contributed by atoms with Crippen LogP contribution in [0.1, 0.15) is 38.5 Å². The summed E-state index contributed by atoms with van der Waals surface area (Å²) in [6.07, 6.45) is 8.61. The summed E-state index contributed by atoms with van der Waals surface area (Å²) < 4.78 is 7.24. The molecule has 3 atom stereocenters. The van der Waals surface area contributed by atoms with Crippen LogP contribution in [0.15, 0.2) is 35.3 Å². The van der Waals surface area contributed by atoms with E-state index in [1.807, 2.05) is 35.0 Å². The molecule has 3 fully saturated rings. The van der Waals surface area contributed by atoms with Gasteiger partial charge in [0.2, 0.25) is 5.91 Å². The summed E-state index contributed by atoms with van der Waals surface area (Å²) in [5.74, 6) is 2.06. The van der Waals surface area contributed by atoms with Crippen molar-refractivity contribution < 1.29 is 9.53 Å². The number of hydrogen-bond donors (Lipinski definition) is 1. The first-order valence-electron chi connectivity index (χ1n) is 10.7. The average molecular weight is 380 g/mol. The summed E-state index contributed by atoms with van der Waals surface area (Å²) in [6.45, 7) is 2.30. The van der Waals surface area contributed by atoms with E-state index < -0.39 is 0 Å². The number of pyridine rings is 1. The summed E-state index contributed by atoms with van der Waals surface area (Å²) in [6, 6.07) is 7.63. The van der Waals surface area contributed by atoms with E-state index in [1.165, 1.54) is 19.3 Å². The first kappa shape index (κ1) is 17.9. The van der Waals surface area contributed by atoms with Crippen molar-refractivity contribution in [3.05, 3.63) is 40.8 Å². The van der Waals surface area contributed by atoms with Gasteiger partial charge in [-0.15, -0.1) is 0 Å². The second kappa shape index (κ2) is 7.36. The number of fused-ring (bicyclic) bond motifs is 3. The van der Waals surface area contributed by atoms with E-state index in [4.69, 9.17) is 4.74 Å². The standard InChI is InChI=1S/C23H28N2O3/c26-22(20-13-16-4-5-17(20)12-16)24-21-3-1-2-19-18(21)6-9-25(23(19)27)14-15-7-10-28-11-8-15/h1-3,6,9,15-17,20H,4-5,7-8,10-14H2,(H,24,26)/t16-,17+,20?/m1/s1. The Hall–Kier alpha value is -2.14. The Labute approximate surface area is 165 Å². The predicted molar refractivity (Wildman–Crippen MR) is 109 cm³/mol. The minimum atomic E-state index is 0.0278. The van der Waals surface area contributed by atoms with Gasteiger partial charge in [-0.25, -0.2) is 0 Å². The lowest BCUT2D eigenvalue weighted by molar-refractivity contribution is -0.121. The zero-order valence-electron chi connectivity index (χ0n) is 16.2. The van der Waals surface area contributed by atoms with Crippen LogP contribution in [0.5, 0.6) is 0 Å². The van der Waals surface area contributed by atoms with Crippen LogP contribution >= 0.6 is 0 Å². The molecule has 2 heterocycles. The predicted octanol–water partition coefficient (Wildman–Crippen LogP) is 3.80. The van der Waals surface area contributed by atoms with E-state index in [1.54, 1.807) is 0 Å². The smallest absolute Gasteiger partial charge is 0.258 e. The average Bonchev–Trinajstić information content (AvgIpc) is 3.35. The maximum absolute atomic E-state index is 13.0. The van der Waals surface area contributed by atoms with E-state index in [0.717, 1.165) is 56.0 Å². The third kappa shape index (κ3) is 3.26. The number of nitrogens with one attached hydrogen (secondary N) is 1. The third-order valence-corrected chi connectivity index (χ3v) is 7.15. The number of anilines is 1. The Morgan fingerprint density at radius 1 is 1.07 bits per heavy atom. The summed E-state index contributed by atoms with van der Waals surface area (Å²) in [5, 5.41) is 4.66. The molecule has 28 heavy (non-hydrogen) atoms. The van der Waals surface area contributed by atoms with Crippen molar-refractivity contribution in [3.8, 4) is 0 Å². The van der Waals surface area contributed by atoms with Crippen molar-refractivity contribution in [1.82, 2.24) is 4.57 Å². The van der Waals surface area contributed by atoms with E-state index in [9.17, 15) is 9.59 Å². The molecule has 2 aliphatic carbocycles. The lowest BCUT2D eigenvalue weighted by atomic mass is 9.88. The van der Waals surface area contributed by atoms with Gasteiger partial charge in [-0.05, 0) is 68.1 Å². The number of amides is 1. The van der Waals surface area contributed by atoms with Crippen LogP contribution in [0.4, 0.5) is 5.69 Å². The Balaban J connectivity index is 1.38. The van der Waals surface area contributed by atoms with Gasteiger partial charge in [-0.3, -0.25) is 9.59 Å². The van der Waals surface area contributed by atoms with Gasteiger partial charge in [-0.2, -0.15) is 0 Å². The highest BCUT2D eigenvalue weighted by Crippen LogP contribution is 2.48. The van der Waals surface area contributed by atoms with Crippen LogP contribution in [0.2, 0.25) is 0 Å². The summed E-state index contributed by atoms with van der Waals surface area (Å²) in [5.41, 5.74) is 0.792. The quantitative estimate of drug-likeness (QED) is 0.878. The summed E-state index contributed by atoms with van der Waals surface area (Å²) in [4.78, 5) is 25.9. The molecular formula is C23H28N2O3. The van der Waals surface area contributed by atoms with Gasteiger partial charge in [0.1, 0.15) is 0 Å². The number of ether oxygens (including phenoxy) is 1. The fourth-order valence-electron chi connectivity index (χ4n) is 5.57. The Morgan fingerprint density at radius 2 is 1.93 bits per heavy atom. The van der Waals surface area contributed by atoms with Crippen molar-refractivity contribution >= 4 is 22.4 Å². The molecule has 5 rings (SSSR count). The Kier molecular flexibility index (Phi) is 4.71. The van der Waals surface area contributed by atoms with Crippen molar-refractivity contribution in [2.45, 2.75) is 45.1 Å².